The lowest BCUT2D eigenvalue weighted by Gasteiger charge is -2.42. The molecule has 25 heavy (non-hydrogen) atoms. The molecule has 1 aromatic carbocycles. The Labute approximate surface area is 148 Å². The van der Waals surface area contributed by atoms with Crippen LogP contribution in [0.3, 0.4) is 0 Å². The summed E-state index contributed by atoms with van der Waals surface area (Å²) in [6, 6.07) is 4.55. The maximum Gasteiger partial charge on any atom is 0.317 e. The van der Waals surface area contributed by atoms with E-state index in [1.54, 1.807) is 21.3 Å². The van der Waals surface area contributed by atoms with Gasteiger partial charge in [-0.1, -0.05) is 13.0 Å². The van der Waals surface area contributed by atoms with Gasteiger partial charge in [0.15, 0.2) is 11.5 Å². The summed E-state index contributed by atoms with van der Waals surface area (Å²) in [7, 11) is 4.81. The Balaban J connectivity index is 1.92. The Kier molecular flexibility index (Phi) is 6.90. The SMILES string of the molecule is CCN(CC(=O)O)C1CC(NCc2ccc(OC)c(OC)c2OC)C1. The minimum Gasteiger partial charge on any atom is -0.493 e. The number of rotatable bonds is 10. The largest absolute Gasteiger partial charge is 0.493 e. The molecule has 1 aromatic rings. The number of carbonyl (C=O) groups is 1. The fraction of sp³-hybridized carbons (Fsp3) is 0.611. The lowest BCUT2D eigenvalue weighted by atomic mass is 9.85. The van der Waals surface area contributed by atoms with Gasteiger partial charge in [-0.3, -0.25) is 9.69 Å². The molecular weight excluding hydrogens is 324 g/mol. The smallest absolute Gasteiger partial charge is 0.317 e. The zero-order valence-corrected chi connectivity index (χ0v) is 15.4. The van der Waals surface area contributed by atoms with Crippen LogP contribution in [0.2, 0.25) is 0 Å². The molecule has 0 bridgehead atoms. The van der Waals surface area contributed by atoms with Crippen molar-refractivity contribution in [3.05, 3.63) is 17.7 Å². The molecular formula is C18H28N2O5. The number of aliphatic carboxylic acids is 1. The Morgan fingerprint density at radius 3 is 2.40 bits per heavy atom. The van der Waals surface area contributed by atoms with Crippen molar-refractivity contribution in [2.45, 2.75) is 38.4 Å². The van der Waals surface area contributed by atoms with Gasteiger partial charge in [0.05, 0.1) is 27.9 Å². The van der Waals surface area contributed by atoms with Crippen LogP contribution in [0.1, 0.15) is 25.3 Å². The van der Waals surface area contributed by atoms with Gasteiger partial charge in [0, 0.05) is 24.2 Å². The van der Waals surface area contributed by atoms with Crippen molar-refractivity contribution < 1.29 is 24.1 Å². The van der Waals surface area contributed by atoms with E-state index in [1.165, 1.54) is 0 Å². The number of hydrogen-bond donors (Lipinski definition) is 2. The van der Waals surface area contributed by atoms with Crippen LogP contribution >= 0.6 is 0 Å². The van der Waals surface area contributed by atoms with Crippen LogP contribution in [-0.2, 0) is 11.3 Å². The van der Waals surface area contributed by atoms with Gasteiger partial charge >= 0.3 is 5.97 Å². The molecule has 0 spiro atoms. The maximum atomic E-state index is 10.9. The highest BCUT2D eigenvalue weighted by atomic mass is 16.5. The van der Waals surface area contributed by atoms with E-state index >= 15 is 0 Å². The normalized spacial score (nSPS) is 19.4. The molecule has 2 N–H and O–H groups in total. The third-order valence-electron chi connectivity index (χ3n) is 4.74. The minimum atomic E-state index is -0.770. The number of carboxylic acids is 1. The number of nitrogens with zero attached hydrogens (tertiary/aromatic N) is 1. The monoisotopic (exact) mass is 352 g/mol. The highest BCUT2D eigenvalue weighted by Gasteiger charge is 2.33. The molecule has 0 atom stereocenters. The number of methoxy groups -OCH3 is 3. The van der Waals surface area contributed by atoms with Crippen LogP contribution in [0.25, 0.3) is 0 Å². The second-order valence-electron chi connectivity index (χ2n) is 6.15. The Morgan fingerprint density at radius 1 is 1.20 bits per heavy atom. The van der Waals surface area contributed by atoms with Gasteiger partial charge in [-0.2, -0.15) is 0 Å². The molecule has 0 radical (unpaired) electrons. The molecule has 1 aliphatic carbocycles. The van der Waals surface area contributed by atoms with Gasteiger partial charge in [0.1, 0.15) is 0 Å². The standard InChI is InChI=1S/C18H28N2O5/c1-5-20(11-16(21)22)14-8-13(9-14)19-10-12-6-7-15(23-2)18(25-4)17(12)24-3/h6-7,13-14,19H,5,8-11H2,1-4H3,(H,21,22). The predicted octanol–water partition coefficient (Wildman–Crippen LogP) is 1.74. The van der Waals surface area contributed by atoms with Gasteiger partial charge in [0.2, 0.25) is 5.75 Å². The fourth-order valence-corrected chi connectivity index (χ4v) is 3.28. The van der Waals surface area contributed by atoms with Crippen molar-refractivity contribution in [1.29, 1.82) is 0 Å². The van der Waals surface area contributed by atoms with Gasteiger partial charge in [-0.25, -0.2) is 0 Å². The molecule has 0 heterocycles. The Morgan fingerprint density at radius 2 is 1.88 bits per heavy atom. The summed E-state index contributed by atoms with van der Waals surface area (Å²) in [6.07, 6.45) is 1.91. The first-order valence-electron chi connectivity index (χ1n) is 8.51. The maximum absolute atomic E-state index is 10.9. The predicted molar refractivity (Wildman–Crippen MR) is 94.6 cm³/mol. The Bertz CT molecular complexity index is 587. The molecule has 1 saturated carbocycles. The first kappa shape index (κ1) is 19.3. The summed E-state index contributed by atoms with van der Waals surface area (Å²) in [6.45, 7) is 3.52. The molecule has 140 valence electrons. The highest BCUT2D eigenvalue weighted by Crippen LogP contribution is 2.40. The van der Waals surface area contributed by atoms with E-state index in [4.69, 9.17) is 19.3 Å². The fourth-order valence-electron chi connectivity index (χ4n) is 3.28. The molecule has 1 aliphatic rings. The van der Waals surface area contributed by atoms with E-state index in [0.29, 0.717) is 35.9 Å². The molecule has 0 aliphatic heterocycles. The van der Waals surface area contributed by atoms with Crippen LogP contribution in [0.5, 0.6) is 17.2 Å². The van der Waals surface area contributed by atoms with Crippen LogP contribution in [-0.4, -0.2) is 62.5 Å². The van der Waals surface area contributed by atoms with Crippen molar-refractivity contribution >= 4 is 5.97 Å². The van der Waals surface area contributed by atoms with Crippen molar-refractivity contribution in [2.24, 2.45) is 0 Å². The molecule has 0 unspecified atom stereocenters. The Hall–Kier alpha value is -1.99. The summed E-state index contributed by atoms with van der Waals surface area (Å²) in [4.78, 5) is 12.9. The molecule has 0 aromatic heterocycles. The zero-order chi connectivity index (χ0) is 18.4. The first-order valence-corrected chi connectivity index (χ1v) is 8.51. The summed E-state index contributed by atoms with van der Waals surface area (Å²) in [5, 5.41) is 12.5. The molecule has 0 saturated heterocycles. The lowest BCUT2D eigenvalue weighted by Crippen LogP contribution is -2.53. The van der Waals surface area contributed by atoms with Gasteiger partial charge in [-0.15, -0.1) is 0 Å². The van der Waals surface area contributed by atoms with Gasteiger partial charge in [0.25, 0.3) is 0 Å². The quantitative estimate of drug-likeness (QED) is 0.664. The van der Waals surface area contributed by atoms with E-state index in [9.17, 15) is 4.79 Å². The van der Waals surface area contributed by atoms with Crippen LogP contribution in [0.4, 0.5) is 0 Å². The summed E-state index contributed by atoms with van der Waals surface area (Å²) >= 11 is 0. The molecule has 7 nitrogen and oxygen atoms in total. The summed E-state index contributed by atoms with van der Waals surface area (Å²) in [5.41, 5.74) is 1.00. The topological polar surface area (TPSA) is 80.3 Å². The highest BCUT2D eigenvalue weighted by molar-refractivity contribution is 5.69. The van der Waals surface area contributed by atoms with Crippen LogP contribution in [0, 0.1) is 0 Å². The van der Waals surface area contributed by atoms with Crippen molar-refractivity contribution in [2.75, 3.05) is 34.4 Å². The van der Waals surface area contributed by atoms with E-state index in [0.717, 1.165) is 24.9 Å². The third-order valence-corrected chi connectivity index (χ3v) is 4.74. The van der Waals surface area contributed by atoms with E-state index in [2.05, 4.69) is 5.32 Å². The van der Waals surface area contributed by atoms with Crippen molar-refractivity contribution in [1.82, 2.24) is 10.2 Å². The number of ether oxygens (including phenoxy) is 3. The van der Waals surface area contributed by atoms with Gasteiger partial charge in [-0.05, 0) is 25.5 Å². The number of likely N-dealkylation sites (N-methyl/N-ethyl adjacent to an activating group) is 1. The molecule has 2 rings (SSSR count). The van der Waals surface area contributed by atoms with Crippen molar-refractivity contribution in [3.63, 3.8) is 0 Å². The van der Waals surface area contributed by atoms with E-state index in [1.807, 2.05) is 24.0 Å². The number of carboxylic acid groups (broad SMARTS) is 1. The average molecular weight is 352 g/mol. The number of benzene rings is 1. The van der Waals surface area contributed by atoms with E-state index < -0.39 is 5.97 Å². The lowest BCUT2D eigenvalue weighted by molar-refractivity contribution is -0.139. The second kappa shape index (κ2) is 8.92. The van der Waals surface area contributed by atoms with Gasteiger partial charge < -0.3 is 24.6 Å². The molecule has 0 amide bonds. The number of hydrogen-bond acceptors (Lipinski definition) is 6. The molecule has 7 heteroatoms. The molecule has 1 fully saturated rings. The van der Waals surface area contributed by atoms with E-state index in [-0.39, 0.29) is 6.54 Å². The average Bonchev–Trinajstić information content (AvgIpc) is 2.57. The number of nitrogens with one attached hydrogen (secondary N) is 1. The van der Waals surface area contributed by atoms with Crippen LogP contribution in [0.15, 0.2) is 12.1 Å². The van der Waals surface area contributed by atoms with Crippen LogP contribution < -0.4 is 19.5 Å². The minimum absolute atomic E-state index is 0.109. The third kappa shape index (κ3) is 4.55. The summed E-state index contributed by atoms with van der Waals surface area (Å²) in [5.74, 6) is 1.13. The second-order valence-corrected chi connectivity index (χ2v) is 6.15. The zero-order valence-electron chi connectivity index (χ0n) is 15.4. The summed E-state index contributed by atoms with van der Waals surface area (Å²) < 4.78 is 16.2. The first-order chi connectivity index (χ1) is 12.0. The van der Waals surface area contributed by atoms with Crippen molar-refractivity contribution in [3.8, 4) is 17.2 Å².